The Morgan fingerprint density at radius 2 is 2.28 bits per heavy atom. The van der Waals surface area contributed by atoms with E-state index in [0.29, 0.717) is 25.5 Å². The Kier molecular flexibility index (Phi) is 4.46. The smallest absolute Gasteiger partial charge is 0.225 e. The molecule has 9 nitrogen and oxygen atoms in total. The van der Waals surface area contributed by atoms with Crippen molar-refractivity contribution < 1.29 is 14.3 Å². The third-order valence-corrected chi connectivity index (χ3v) is 5.73. The number of aromatic nitrogens is 5. The number of ether oxygens (including phenoxy) is 2. The molecule has 0 radical (unpaired) electrons. The Balaban J connectivity index is 1.47. The first-order valence-electron chi connectivity index (χ1n) is 9.97. The molecule has 1 amide bonds. The highest BCUT2D eigenvalue weighted by Crippen LogP contribution is 2.31. The van der Waals surface area contributed by atoms with Crippen molar-refractivity contribution in [3.05, 3.63) is 24.7 Å². The molecule has 1 unspecified atom stereocenters. The molecule has 0 bridgehead atoms. The number of rotatable bonds is 5. The van der Waals surface area contributed by atoms with Crippen molar-refractivity contribution >= 4 is 16.8 Å². The maximum Gasteiger partial charge on any atom is 0.225 e. The average molecular weight is 396 g/mol. The van der Waals surface area contributed by atoms with Crippen LogP contribution in [-0.2, 0) is 16.6 Å². The van der Waals surface area contributed by atoms with Crippen LogP contribution in [0.15, 0.2) is 24.7 Å². The van der Waals surface area contributed by atoms with Crippen molar-refractivity contribution in [3.63, 3.8) is 0 Å². The fourth-order valence-corrected chi connectivity index (χ4v) is 3.98. The molecule has 1 N–H and O–H groups in total. The summed E-state index contributed by atoms with van der Waals surface area (Å²) < 4.78 is 15.4. The van der Waals surface area contributed by atoms with Crippen molar-refractivity contribution in [3.8, 4) is 17.1 Å². The molecular weight excluding hydrogens is 372 g/mol. The van der Waals surface area contributed by atoms with E-state index in [-0.39, 0.29) is 24.0 Å². The molecule has 0 spiro atoms. The van der Waals surface area contributed by atoms with Gasteiger partial charge >= 0.3 is 0 Å². The van der Waals surface area contributed by atoms with E-state index in [1.165, 1.54) is 0 Å². The Morgan fingerprint density at radius 3 is 3.03 bits per heavy atom. The first-order valence-corrected chi connectivity index (χ1v) is 9.97. The second-order valence-electron chi connectivity index (χ2n) is 7.87. The van der Waals surface area contributed by atoms with E-state index >= 15 is 0 Å². The van der Waals surface area contributed by atoms with Crippen LogP contribution in [0.25, 0.3) is 22.2 Å². The van der Waals surface area contributed by atoms with Crippen LogP contribution >= 0.6 is 0 Å². The van der Waals surface area contributed by atoms with Gasteiger partial charge in [0.2, 0.25) is 11.8 Å². The van der Waals surface area contributed by atoms with Crippen LogP contribution in [-0.4, -0.2) is 56.3 Å². The molecule has 3 aromatic rings. The minimum Gasteiger partial charge on any atom is -0.474 e. The standard InChI is InChI=1S/C20H24N6O3/c1-12(13-5-19(27)21-7-13)29-20-16-10-25(2)24-18(16)6-17(23-20)14-8-22-26(9-14)15-3-4-28-11-15/h6,8-10,12-13,15H,3-5,7,11H2,1-2H3,(H,21,27)/t12?,13-,15+/m1/s1. The zero-order chi connectivity index (χ0) is 20.0. The van der Waals surface area contributed by atoms with Crippen molar-refractivity contribution in [2.45, 2.75) is 31.9 Å². The molecule has 2 aliphatic rings. The van der Waals surface area contributed by atoms with E-state index in [4.69, 9.17) is 14.5 Å². The van der Waals surface area contributed by atoms with Gasteiger partial charge < -0.3 is 14.8 Å². The van der Waals surface area contributed by atoms with Crippen LogP contribution in [0.5, 0.6) is 5.88 Å². The Labute approximate surface area is 168 Å². The topological polar surface area (TPSA) is 96.1 Å². The van der Waals surface area contributed by atoms with E-state index in [1.54, 1.807) is 4.68 Å². The van der Waals surface area contributed by atoms with Gasteiger partial charge in [-0.1, -0.05) is 0 Å². The maximum absolute atomic E-state index is 11.6. The highest BCUT2D eigenvalue weighted by Gasteiger charge is 2.29. The van der Waals surface area contributed by atoms with E-state index in [2.05, 4.69) is 15.5 Å². The number of amides is 1. The summed E-state index contributed by atoms with van der Waals surface area (Å²) in [6.07, 6.45) is 7.04. The molecule has 3 atom stereocenters. The Hall–Kier alpha value is -2.94. The summed E-state index contributed by atoms with van der Waals surface area (Å²) in [4.78, 5) is 16.4. The minimum atomic E-state index is -0.140. The van der Waals surface area contributed by atoms with Gasteiger partial charge in [-0.25, -0.2) is 4.98 Å². The second kappa shape index (κ2) is 7.14. The van der Waals surface area contributed by atoms with Crippen molar-refractivity contribution in [1.82, 2.24) is 29.9 Å². The molecule has 0 aliphatic carbocycles. The number of nitrogens with one attached hydrogen (secondary N) is 1. The SMILES string of the molecule is CC(Oc1nc(-c2cnn([C@H]3CCOC3)c2)cc2nn(C)cc12)[C@H]1CNC(=O)C1. The summed E-state index contributed by atoms with van der Waals surface area (Å²) in [7, 11) is 1.88. The van der Waals surface area contributed by atoms with Gasteiger partial charge in [-0.3, -0.25) is 14.2 Å². The summed E-state index contributed by atoms with van der Waals surface area (Å²) in [5.41, 5.74) is 2.50. The first-order chi connectivity index (χ1) is 14.1. The number of carbonyl (C=O) groups excluding carboxylic acids is 1. The largest absolute Gasteiger partial charge is 0.474 e. The number of hydrogen-bond donors (Lipinski definition) is 1. The molecule has 29 heavy (non-hydrogen) atoms. The number of aryl methyl sites for hydroxylation is 1. The predicted octanol–water partition coefficient (Wildman–Crippen LogP) is 1.70. The van der Waals surface area contributed by atoms with Crippen LogP contribution in [0.2, 0.25) is 0 Å². The normalized spacial score (nSPS) is 22.9. The fraction of sp³-hybridized carbons (Fsp3) is 0.500. The highest BCUT2D eigenvalue weighted by atomic mass is 16.5. The molecule has 2 saturated heterocycles. The number of carbonyl (C=O) groups is 1. The number of nitrogens with zero attached hydrogens (tertiary/aromatic N) is 5. The van der Waals surface area contributed by atoms with Gasteiger partial charge in [0.15, 0.2) is 0 Å². The lowest BCUT2D eigenvalue weighted by atomic mass is 10.0. The van der Waals surface area contributed by atoms with Crippen molar-refractivity contribution in [2.24, 2.45) is 13.0 Å². The minimum absolute atomic E-state index is 0.0713. The van der Waals surface area contributed by atoms with Gasteiger partial charge in [-0.15, -0.1) is 0 Å². The average Bonchev–Trinajstić information content (AvgIpc) is 3.47. The van der Waals surface area contributed by atoms with Crippen LogP contribution in [0.1, 0.15) is 25.8 Å². The number of fused-ring (bicyclic) bond motifs is 1. The zero-order valence-electron chi connectivity index (χ0n) is 16.5. The van der Waals surface area contributed by atoms with Gasteiger partial charge in [0.1, 0.15) is 6.10 Å². The molecule has 9 heteroatoms. The third kappa shape index (κ3) is 3.46. The second-order valence-corrected chi connectivity index (χ2v) is 7.87. The zero-order valence-corrected chi connectivity index (χ0v) is 16.5. The molecular formula is C20H24N6O3. The van der Waals surface area contributed by atoms with Gasteiger partial charge in [-0.05, 0) is 19.4 Å². The molecule has 5 heterocycles. The molecule has 2 aliphatic heterocycles. The van der Waals surface area contributed by atoms with Crippen molar-refractivity contribution in [2.75, 3.05) is 19.8 Å². The lowest BCUT2D eigenvalue weighted by molar-refractivity contribution is -0.119. The Morgan fingerprint density at radius 1 is 1.38 bits per heavy atom. The van der Waals surface area contributed by atoms with E-state index in [0.717, 1.165) is 35.2 Å². The monoisotopic (exact) mass is 396 g/mol. The van der Waals surface area contributed by atoms with Crippen LogP contribution in [0.4, 0.5) is 0 Å². The summed E-state index contributed by atoms with van der Waals surface area (Å²) in [6, 6.07) is 2.23. The van der Waals surface area contributed by atoms with Gasteiger partial charge in [0, 0.05) is 50.5 Å². The summed E-state index contributed by atoms with van der Waals surface area (Å²) in [5.74, 6) is 0.737. The Bertz CT molecular complexity index is 1050. The van der Waals surface area contributed by atoms with Gasteiger partial charge in [0.05, 0.1) is 35.4 Å². The number of hydrogen-bond acceptors (Lipinski definition) is 6. The maximum atomic E-state index is 11.6. The van der Waals surface area contributed by atoms with Gasteiger partial charge in [-0.2, -0.15) is 10.2 Å². The van der Waals surface area contributed by atoms with E-state index in [9.17, 15) is 4.79 Å². The van der Waals surface area contributed by atoms with E-state index < -0.39 is 0 Å². The third-order valence-electron chi connectivity index (χ3n) is 5.73. The number of pyridine rings is 1. The summed E-state index contributed by atoms with van der Waals surface area (Å²) in [6.45, 7) is 4.08. The lowest BCUT2D eigenvalue weighted by Crippen LogP contribution is -2.26. The molecule has 2 fully saturated rings. The summed E-state index contributed by atoms with van der Waals surface area (Å²) >= 11 is 0. The quantitative estimate of drug-likeness (QED) is 0.705. The molecule has 0 aromatic carbocycles. The molecule has 152 valence electrons. The highest BCUT2D eigenvalue weighted by molar-refractivity contribution is 5.86. The van der Waals surface area contributed by atoms with Crippen LogP contribution in [0, 0.1) is 5.92 Å². The van der Waals surface area contributed by atoms with Crippen molar-refractivity contribution in [1.29, 1.82) is 0 Å². The fourth-order valence-electron chi connectivity index (χ4n) is 3.98. The molecule has 3 aromatic heterocycles. The lowest BCUT2D eigenvalue weighted by Gasteiger charge is -2.19. The van der Waals surface area contributed by atoms with Crippen LogP contribution in [0.3, 0.4) is 0 Å². The predicted molar refractivity (Wildman–Crippen MR) is 105 cm³/mol. The van der Waals surface area contributed by atoms with Gasteiger partial charge in [0.25, 0.3) is 0 Å². The molecule has 5 rings (SSSR count). The first kappa shape index (κ1) is 18.1. The molecule has 0 saturated carbocycles. The summed E-state index contributed by atoms with van der Waals surface area (Å²) in [5, 5.41) is 12.8. The van der Waals surface area contributed by atoms with Crippen LogP contribution < -0.4 is 10.1 Å². The van der Waals surface area contributed by atoms with E-state index in [1.807, 2.05) is 43.3 Å².